The summed E-state index contributed by atoms with van der Waals surface area (Å²) < 4.78 is 26.8. The van der Waals surface area contributed by atoms with Crippen LogP contribution in [-0.2, 0) is 21.2 Å². The van der Waals surface area contributed by atoms with Gasteiger partial charge >= 0.3 is 0 Å². The molecule has 0 unspecified atom stereocenters. The Hall–Kier alpha value is -2.29. The molecule has 0 aliphatic carbocycles. The van der Waals surface area contributed by atoms with E-state index in [9.17, 15) is 13.2 Å². The van der Waals surface area contributed by atoms with E-state index in [1.165, 1.54) is 10.5 Å². The molecule has 1 aliphatic heterocycles. The van der Waals surface area contributed by atoms with Crippen molar-refractivity contribution in [2.24, 2.45) is 0 Å². The predicted molar refractivity (Wildman–Crippen MR) is 109 cm³/mol. The Morgan fingerprint density at radius 2 is 1.89 bits per heavy atom. The highest BCUT2D eigenvalue weighted by Crippen LogP contribution is 2.21. The number of nitrogens with one attached hydrogen (secondary N) is 1. The molecule has 7 nitrogen and oxygen atoms in total. The van der Waals surface area contributed by atoms with E-state index in [-0.39, 0.29) is 17.3 Å². The maximum Gasteiger partial charge on any atom is 0.244 e. The van der Waals surface area contributed by atoms with Crippen LogP contribution in [0.2, 0.25) is 0 Å². The number of aromatic nitrogens is 1. The van der Waals surface area contributed by atoms with Gasteiger partial charge in [0.25, 0.3) is 0 Å². The average Bonchev–Trinajstić information content (AvgIpc) is 2.70. The van der Waals surface area contributed by atoms with Gasteiger partial charge in [-0.25, -0.2) is 8.42 Å². The summed E-state index contributed by atoms with van der Waals surface area (Å²) in [5, 5.41) is 3.02. The molecule has 1 aliphatic rings. The third-order valence-corrected chi connectivity index (χ3v) is 6.86. The molecule has 28 heavy (non-hydrogen) atoms. The molecule has 1 fully saturated rings. The normalized spacial score (nSPS) is 16.1. The number of carbonyl (C=O) groups is 1. The van der Waals surface area contributed by atoms with E-state index in [1.807, 2.05) is 30.0 Å². The highest BCUT2D eigenvalue weighted by Gasteiger charge is 2.29. The summed E-state index contributed by atoms with van der Waals surface area (Å²) in [6.07, 6.45) is 3.76. The summed E-state index contributed by atoms with van der Waals surface area (Å²) in [6.45, 7) is 6.04. The van der Waals surface area contributed by atoms with Gasteiger partial charge in [0.05, 0.1) is 6.54 Å². The van der Waals surface area contributed by atoms with Crippen LogP contribution < -0.4 is 5.32 Å². The predicted octanol–water partition coefficient (Wildman–Crippen LogP) is 1.90. The SMILES string of the molecule is CCc1cccc(C)c1NC(=O)CN1CCN(S(=O)(=O)c2cccnc2)CC1. The Kier molecular flexibility index (Phi) is 6.43. The second kappa shape index (κ2) is 8.81. The van der Waals surface area contributed by atoms with Gasteiger partial charge in [0.15, 0.2) is 0 Å². The number of rotatable bonds is 6. The summed E-state index contributed by atoms with van der Waals surface area (Å²) in [4.78, 5) is 18.6. The number of nitrogens with zero attached hydrogens (tertiary/aromatic N) is 3. The van der Waals surface area contributed by atoms with Crippen LogP contribution in [0.15, 0.2) is 47.6 Å². The zero-order chi connectivity index (χ0) is 20.1. The first-order valence-electron chi connectivity index (χ1n) is 9.42. The van der Waals surface area contributed by atoms with Crippen molar-refractivity contribution >= 4 is 21.6 Å². The first kappa shape index (κ1) is 20.4. The fourth-order valence-electron chi connectivity index (χ4n) is 3.36. The first-order valence-corrected chi connectivity index (χ1v) is 10.9. The maximum absolute atomic E-state index is 12.7. The Balaban J connectivity index is 1.57. The lowest BCUT2D eigenvalue weighted by atomic mass is 10.1. The van der Waals surface area contributed by atoms with Crippen molar-refractivity contribution in [1.82, 2.24) is 14.2 Å². The number of pyridine rings is 1. The second-order valence-electron chi connectivity index (χ2n) is 6.88. The van der Waals surface area contributed by atoms with E-state index < -0.39 is 10.0 Å². The molecule has 0 atom stereocenters. The van der Waals surface area contributed by atoms with Gasteiger partial charge in [-0.3, -0.25) is 14.7 Å². The van der Waals surface area contributed by atoms with Crippen molar-refractivity contribution in [2.45, 2.75) is 25.2 Å². The van der Waals surface area contributed by atoms with Gasteiger partial charge in [-0.15, -0.1) is 0 Å². The van der Waals surface area contributed by atoms with Gasteiger partial charge in [0.2, 0.25) is 15.9 Å². The number of sulfonamides is 1. The van der Waals surface area contributed by atoms with Crippen LogP contribution in [0.4, 0.5) is 5.69 Å². The summed E-state index contributed by atoms with van der Waals surface area (Å²) in [5.41, 5.74) is 3.04. The molecule has 1 aromatic carbocycles. The zero-order valence-corrected chi connectivity index (χ0v) is 17.1. The van der Waals surface area contributed by atoms with Gasteiger partial charge in [0, 0.05) is 44.3 Å². The number of carbonyl (C=O) groups excluding carboxylic acids is 1. The molecular formula is C20H26N4O3S. The van der Waals surface area contributed by atoms with E-state index in [1.54, 1.807) is 18.3 Å². The summed E-state index contributed by atoms with van der Waals surface area (Å²) >= 11 is 0. The van der Waals surface area contributed by atoms with Gasteiger partial charge in [-0.1, -0.05) is 25.1 Å². The van der Waals surface area contributed by atoms with E-state index in [0.29, 0.717) is 26.2 Å². The molecule has 2 aromatic rings. The van der Waals surface area contributed by atoms with Crippen molar-refractivity contribution in [3.63, 3.8) is 0 Å². The quantitative estimate of drug-likeness (QED) is 0.798. The van der Waals surface area contributed by atoms with Crippen LogP contribution in [0, 0.1) is 6.92 Å². The molecule has 3 rings (SSSR count). The standard InChI is InChI=1S/C20H26N4O3S/c1-3-17-7-4-6-16(2)20(17)22-19(25)15-23-10-12-24(13-11-23)28(26,27)18-8-5-9-21-14-18/h4-9,14H,3,10-13,15H2,1-2H3,(H,22,25). The topological polar surface area (TPSA) is 82.6 Å². The summed E-state index contributed by atoms with van der Waals surface area (Å²) in [7, 11) is -3.53. The molecule has 0 saturated carbocycles. The number of anilines is 1. The lowest BCUT2D eigenvalue weighted by Gasteiger charge is -2.33. The number of amides is 1. The van der Waals surface area contributed by atoms with E-state index in [4.69, 9.17) is 0 Å². The van der Waals surface area contributed by atoms with Gasteiger partial charge in [-0.05, 0) is 36.6 Å². The van der Waals surface area contributed by atoms with Crippen LogP contribution in [0.25, 0.3) is 0 Å². The van der Waals surface area contributed by atoms with Crippen LogP contribution >= 0.6 is 0 Å². The number of benzene rings is 1. The molecule has 8 heteroatoms. The molecule has 0 spiro atoms. The van der Waals surface area contributed by atoms with E-state index in [2.05, 4.69) is 17.2 Å². The Morgan fingerprint density at radius 1 is 1.14 bits per heavy atom. The Bertz CT molecular complexity index is 924. The molecule has 1 N–H and O–H groups in total. The van der Waals surface area contributed by atoms with Gasteiger partial charge in [-0.2, -0.15) is 4.31 Å². The number of piperazine rings is 1. The minimum Gasteiger partial charge on any atom is -0.324 e. The summed E-state index contributed by atoms with van der Waals surface area (Å²) in [5.74, 6) is -0.0763. The van der Waals surface area contributed by atoms with E-state index in [0.717, 1.165) is 23.2 Å². The number of aryl methyl sites for hydroxylation is 2. The monoisotopic (exact) mass is 402 g/mol. The van der Waals surface area contributed by atoms with Crippen molar-refractivity contribution in [3.05, 3.63) is 53.9 Å². The molecule has 0 radical (unpaired) electrons. The van der Waals surface area contributed by atoms with Crippen molar-refractivity contribution in [3.8, 4) is 0 Å². The van der Waals surface area contributed by atoms with Crippen LogP contribution in [-0.4, -0.2) is 61.2 Å². The molecule has 1 amide bonds. The van der Waals surface area contributed by atoms with Crippen molar-refractivity contribution in [2.75, 3.05) is 38.0 Å². The third kappa shape index (κ3) is 4.57. The molecular weight excluding hydrogens is 376 g/mol. The van der Waals surface area contributed by atoms with Crippen molar-refractivity contribution < 1.29 is 13.2 Å². The highest BCUT2D eigenvalue weighted by molar-refractivity contribution is 7.89. The number of hydrogen-bond donors (Lipinski definition) is 1. The number of para-hydroxylation sites is 1. The molecule has 150 valence electrons. The van der Waals surface area contributed by atoms with Crippen LogP contribution in [0.3, 0.4) is 0 Å². The van der Waals surface area contributed by atoms with E-state index >= 15 is 0 Å². The average molecular weight is 403 g/mol. The van der Waals surface area contributed by atoms with Crippen molar-refractivity contribution in [1.29, 1.82) is 0 Å². The second-order valence-corrected chi connectivity index (χ2v) is 8.82. The Morgan fingerprint density at radius 3 is 2.54 bits per heavy atom. The highest BCUT2D eigenvalue weighted by atomic mass is 32.2. The molecule has 1 aromatic heterocycles. The third-order valence-electron chi connectivity index (χ3n) is 4.98. The first-order chi connectivity index (χ1) is 13.4. The van der Waals surface area contributed by atoms with Crippen LogP contribution in [0.1, 0.15) is 18.1 Å². The van der Waals surface area contributed by atoms with Crippen LogP contribution in [0.5, 0.6) is 0 Å². The smallest absolute Gasteiger partial charge is 0.244 e. The lowest BCUT2D eigenvalue weighted by Crippen LogP contribution is -2.50. The molecule has 1 saturated heterocycles. The molecule has 2 heterocycles. The minimum absolute atomic E-state index is 0.0763. The zero-order valence-electron chi connectivity index (χ0n) is 16.3. The largest absolute Gasteiger partial charge is 0.324 e. The lowest BCUT2D eigenvalue weighted by molar-refractivity contribution is -0.117. The van der Waals surface area contributed by atoms with Gasteiger partial charge in [0.1, 0.15) is 4.90 Å². The molecule has 0 bridgehead atoms. The minimum atomic E-state index is -3.53. The maximum atomic E-state index is 12.7. The van der Waals surface area contributed by atoms with Gasteiger partial charge < -0.3 is 5.32 Å². The Labute approximate surface area is 166 Å². The fourth-order valence-corrected chi connectivity index (χ4v) is 4.75. The number of hydrogen-bond acceptors (Lipinski definition) is 5. The summed E-state index contributed by atoms with van der Waals surface area (Å²) in [6, 6.07) is 9.16. The fraction of sp³-hybridized carbons (Fsp3) is 0.400.